The van der Waals surface area contributed by atoms with E-state index in [9.17, 15) is 44.4 Å². The number of phenols is 1. The second-order valence-corrected chi connectivity index (χ2v) is 38.7. The summed E-state index contributed by atoms with van der Waals surface area (Å²) in [6.07, 6.45) is 4.06. The molecular formula is C97H112N8O24S2. The minimum absolute atomic E-state index is 0.0303. The number of esters is 6. The van der Waals surface area contributed by atoms with Crippen LogP contribution < -0.4 is 72.2 Å². The van der Waals surface area contributed by atoms with Gasteiger partial charge in [-0.25, -0.2) is 14.4 Å². The van der Waals surface area contributed by atoms with Crippen LogP contribution in [0.1, 0.15) is 224 Å². The first-order chi connectivity index (χ1) is 62.9. The largest absolute Gasteiger partial charge is 0.514 e. The fourth-order valence-electron chi connectivity index (χ4n) is 22.1. The maximum atomic E-state index is 15.3. The number of methoxy groups -OCH3 is 4. The Kier molecular flexibility index (Phi) is 25.4. The Morgan fingerprint density at radius 3 is 1.28 bits per heavy atom. The molecule has 6 aromatic rings. The molecule has 2 spiro atoms. The summed E-state index contributed by atoms with van der Waals surface area (Å²) in [5, 5.41) is 39.5. The molecule has 32 nitrogen and oxygen atoms in total. The summed E-state index contributed by atoms with van der Waals surface area (Å²) in [7, 11) is 10.1. The molecule has 34 heteroatoms. The van der Waals surface area contributed by atoms with Gasteiger partial charge in [-0.05, 0) is 183 Å². The lowest BCUT2D eigenvalue weighted by Gasteiger charge is -2.62. The van der Waals surface area contributed by atoms with Crippen LogP contribution in [0, 0.1) is 50.4 Å². The van der Waals surface area contributed by atoms with E-state index in [2.05, 4.69) is 54.5 Å². The number of thioether (sulfide) groups is 2. The second-order valence-electron chi connectivity index (χ2n) is 36.4. The van der Waals surface area contributed by atoms with Crippen LogP contribution in [0.3, 0.4) is 0 Å². The summed E-state index contributed by atoms with van der Waals surface area (Å²) in [6, 6.07) is 10.2. The van der Waals surface area contributed by atoms with Crippen molar-refractivity contribution in [2.45, 2.75) is 241 Å². The van der Waals surface area contributed by atoms with Crippen LogP contribution in [0.15, 0.2) is 36.4 Å². The lowest BCUT2D eigenvalue weighted by Crippen LogP contribution is -2.69. The minimum atomic E-state index is -1.48. The first-order valence-electron chi connectivity index (χ1n) is 45.0. The number of nitriles is 2. The zero-order valence-electron chi connectivity index (χ0n) is 76.9. The predicted octanol–water partition coefficient (Wildman–Crippen LogP) is 13.1. The van der Waals surface area contributed by atoms with Gasteiger partial charge in [-0.3, -0.25) is 49.4 Å². The average molecular weight is 1840 g/mol. The first kappa shape index (κ1) is 91.9. The smallest absolute Gasteiger partial charge is 0.504 e. The molecule has 4 fully saturated rings. The Morgan fingerprint density at radius 1 is 0.496 bits per heavy atom. The molecule has 2 unspecified atom stereocenters. The number of ether oxygens (including phenoxy) is 16. The van der Waals surface area contributed by atoms with E-state index in [1.165, 1.54) is 37.7 Å². The van der Waals surface area contributed by atoms with Crippen molar-refractivity contribution in [3.63, 3.8) is 0 Å². The highest BCUT2D eigenvalue weighted by Crippen LogP contribution is 2.68. The molecule has 0 aromatic heterocycles. The number of carbonyl (C=O) groups is 7. The van der Waals surface area contributed by atoms with Crippen molar-refractivity contribution < 1.29 is 114 Å². The lowest BCUT2D eigenvalue weighted by molar-refractivity contribution is -0.158. The standard InChI is InChI=1S/C51H60N4O13S.C46H52N4O11S/c1-11-13-35(56)66-43-26(4)44-45(64-24-63-44)38-32-22-62-48(58)51(29-20-33(60-9)34(19-27(29)15-16-53-51)65-49(59)68-50(5,6)7)23-69-47(39(38)43)41-40-37-28(18-30(54(40)8)31(21-52)55(32)41)17-25(3)42(61-10)46(37)67-36(57)14-12-2;1-8-10-32(52)60-40-23(4)41-42(59-21-58-41)35-29-19-57-45(54)46(26-17-31(55-6)30(51)16-24(26)12-13-48-46)20-62-44(36(35)40)38-37-34-25(15-27(49(37)5)28(18-47)50(29)38)14-22(3)39(56-7)43(34)61-33(53)11-9-2/h17,19-20,30-32,40-41,47,53H,11-16,18,22-24H2,1-10H3;14,16-17,27-29,37-38,44,48,51H,8-13,15,19-21H2,1-7H3/t30-,31-,32-,40+,41?,47+,51+;27-,28-,29-,37+,38?,44+,46+/m00/s1. The molecule has 14 heterocycles. The van der Waals surface area contributed by atoms with Gasteiger partial charge in [0.25, 0.3) is 0 Å². The normalized spacial score (nSPS) is 26.2. The van der Waals surface area contributed by atoms with Gasteiger partial charge in [0.2, 0.25) is 13.6 Å². The summed E-state index contributed by atoms with van der Waals surface area (Å²) in [5.74, 6) is 2.01. The van der Waals surface area contributed by atoms with Gasteiger partial charge in [-0.1, -0.05) is 39.8 Å². The zero-order valence-corrected chi connectivity index (χ0v) is 78.5. The molecule has 3 N–H and O–H groups in total. The van der Waals surface area contributed by atoms with Gasteiger partial charge < -0.3 is 80.9 Å². The molecule has 0 saturated carbocycles. The van der Waals surface area contributed by atoms with Gasteiger partial charge in [-0.15, -0.1) is 23.5 Å². The lowest BCUT2D eigenvalue weighted by atomic mass is 9.71. The molecule has 14 aliphatic rings. The summed E-state index contributed by atoms with van der Waals surface area (Å²) in [4.78, 5) is 107. The Morgan fingerprint density at radius 2 is 0.893 bits per heavy atom. The van der Waals surface area contributed by atoms with E-state index in [0.717, 1.165) is 44.5 Å². The number of hydrogen-bond donors (Lipinski definition) is 3. The highest BCUT2D eigenvalue weighted by atomic mass is 32.2. The van der Waals surface area contributed by atoms with Crippen LogP contribution in [0.2, 0.25) is 0 Å². The van der Waals surface area contributed by atoms with Gasteiger partial charge in [-0.2, -0.15) is 10.5 Å². The SMILES string of the molecule is CCCC(=O)Oc1c(C)c2c(c3c1[C@H]1SC[C@]4(NCCc5cc(O)c(OC)cc54)C(=O)OC[C@@H]3N3C1[C@H]1c4c(cc(C)c(OC)c4OC(=O)CCC)C[C@@H]([C@@H]3C#N)N1C)OCO2.CCCC(=O)Oc1c(C)c2c(c3c1[C@H]1SC[C@]4(NCCc5cc(OC(=O)OC(C)(C)C)c(OC)cc54)C(=O)OC[C@@H]3N3C1[C@H]1c4c(cc(C)c(OC)c4OC(=O)CCC)C[C@@H]([C@@H]3C#N)N1C)OCO2. The minimum Gasteiger partial charge on any atom is -0.504 e. The van der Waals surface area contributed by atoms with Crippen molar-refractivity contribution >= 4 is 65.5 Å². The second kappa shape index (κ2) is 36.2. The summed E-state index contributed by atoms with van der Waals surface area (Å²) >= 11 is 2.95. The molecule has 14 aliphatic heterocycles. The zero-order chi connectivity index (χ0) is 93.0. The molecular weight excluding hydrogens is 1730 g/mol. The number of aryl methyl sites for hydroxylation is 2. The van der Waals surface area contributed by atoms with Gasteiger partial charge in [0.15, 0.2) is 80.1 Å². The number of phenolic OH excluding ortho intramolecular Hbond substituents is 1. The highest BCUT2D eigenvalue weighted by molar-refractivity contribution is 7.99. The number of likely N-dealkylation sites (N-methyl/N-ethyl adjacent to an activating group) is 2. The van der Waals surface area contributed by atoms with Crippen molar-refractivity contribution in [1.29, 1.82) is 10.5 Å². The van der Waals surface area contributed by atoms with Crippen LogP contribution >= 0.6 is 23.5 Å². The number of nitrogens with one attached hydrogen (secondary N) is 2. The number of aromatic hydroxyl groups is 1. The fraction of sp³-hybridized carbons (Fsp3) is 0.536. The maximum absolute atomic E-state index is 15.3. The predicted molar refractivity (Wildman–Crippen MR) is 477 cm³/mol. The van der Waals surface area contributed by atoms with Crippen molar-refractivity contribution in [2.24, 2.45) is 0 Å². The average Bonchev–Trinajstić information content (AvgIpc) is 1.65. The maximum Gasteiger partial charge on any atom is 0.514 e. The van der Waals surface area contributed by atoms with Crippen LogP contribution in [0.25, 0.3) is 0 Å². The summed E-state index contributed by atoms with van der Waals surface area (Å²) in [6.45, 7) is 20.6. The molecule has 0 radical (unpaired) electrons. The fourth-order valence-corrected chi connectivity index (χ4v) is 25.5. The number of fused-ring (bicyclic) bond motifs is 18. The van der Waals surface area contributed by atoms with Crippen molar-refractivity contribution in [2.75, 3.05) is 93.9 Å². The Bertz CT molecular complexity index is 5770. The third kappa shape index (κ3) is 15.3. The molecule has 0 amide bonds. The summed E-state index contributed by atoms with van der Waals surface area (Å²) in [5.41, 5.74) is 7.83. The van der Waals surface area contributed by atoms with E-state index < -0.39 is 112 Å². The van der Waals surface area contributed by atoms with E-state index in [4.69, 9.17) is 75.8 Å². The van der Waals surface area contributed by atoms with Crippen LogP contribution in [-0.4, -0.2) is 202 Å². The van der Waals surface area contributed by atoms with Gasteiger partial charge >= 0.3 is 42.0 Å². The Balaban J connectivity index is 0.000000184. The van der Waals surface area contributed by atoms with E-state index in [1.54, 1.807) is 59.3 Å². The van der Waals surface area contributed by atoms with E-state index in [0.29, 0.717) is 166 Å². The van der Waals surface area contributed by atoms with Gasteiger partial charge in [0.05, 0.1) is 75.2 Å². The molecule has 4 saturated heterocycles. The number of benzene rings is 6. The number of nitrogens with zero attached hydrogens (tertiary/aromatic N) is 6. The number of piperazine rings is 2. The molecule has 6 aromatic carbocycles. The molecule has 14 atom stereocenters. The molecule has 696 valence electrons. The topological polar surface area (TPSA) is 372 Å². The number of rotatable bonds is 17. The number of hydrogen-bond acceptors (Lipinski definition) is 34. The van der Waals surface area contributed by atoms with Crippen molar-refractivity contribution in [1.82, 2.24) is 30.2 Å². The number of carbonyl (C=O) groups excluding carboxylic acids is 7. The van der Waals surface area contributed by atoms with E-state index in [1.807, 2.05) is 69.5 Å². The third-order valence-electron chi connectivity index (χ3n) is 27.6. The molecule has 0 aliphatic carbocycles. The van der Waals surface area contributed by atoms with Gasteiger partial charge in [0, 0.05) is 119 Å². The first-order valence-corrected chi connectivity index (χ1v) is 47.1. The Labute approximate surface area is 769 Å². The van der Waals surface area contributed by atoms with Crippen LogP contribution in [0.4, 0.5) is 4.79 Å². The van der Waals surface area contributed by atoms with E-state index in [-0.39, 0.29) is 105 Å². The van der Waals surface area contributed by atoms with Crippen LogP contribution in [-0.2, 0) is 79.7 Å². The molecule has 20 rings (SSSR count). The molecule has 131 heavy (non-hydrogen) atoms. The van der Waals surface area contributed by atoms with Crippen molar-refractivity contribution in [3.05, 3.63) is 125 Å². The van der Waals surface area contributed by atoms with E-state index >= 15 is 4.79 Å². The van der Waals surface area contributed by atoms with Crippen molar-refractivity contribution in [3.8, 4) is 92.6 Å². The Hall–Kier alpha value is -10.9. The van der Waals surface area contributed by atoms with Crippen LogP contribution in [0.5, 0.6) is 80.5 Å². The third-order valence-corrected chi connectivity index (χ3v) is 30.5. The highest BCUT2D eigenvalue weighted by Gasteiger charge is 2.65. The summed E-state index contributed by atoms with van der Waals surface area (Å²) < 4.78 is 98.3. The molecule has 8 bridgehead atoms. The monoisotopic (exact) mass is 1840 g/mol. The quantitative estimate of drug-likeness (QED) is 0.0330. The van der Waals surface area contributed by atoms with Gasteiger partial charge in [0.1, 0.15) is 42.4 Å².